The van der Waals surface area contributed by atoms with Crippen molar-refractivity contribution in [2.24, 2.45) is 11.7 Å². The van der Waals surface area contributed by atoms with E-state index in [0.717, 1.165) is 21.2 Å². The van der Waals surface area contributed by atoms with Gasteiger partial charge in [-0.2, -0.15) is 9.97 Å². The Kier molecular flexibility index (Phi) is 31.4. The number of aromatic amines is 2. The van der Waals surface area contributed by atoms with Crippen LogP contribution in [0.1, 0.15) is 99.7 Å². The fraction of sp³-hybridized carbons (Fsp3) is 0.369. The molecule has 119 heavy (non-hydrogen) atoms. The number of aromatic nitrogens is 7. The number of hydrogen-bond donors (Lipinski definition) is 17. The summed E-state index contributed by atoms with van der Waals surface area (Å²) in [5.74, 6) is -7.47. The standard InChI is InChI=1S/C84H104ClN23O11/c1-47(2)36-63(72(111)99-68(40-51-16-18-55(19-17-51)45-90-48(3)4)80(119)108-35-11-15-70(108)77(116)91-49(5)86)95-75(114)66(39-53-23-30-61(31-24-53)93-83-101-81(87)103-105-83)98-78(117)71(43-54-25-32-62(33-26-54)94-84-102-82(88)104-106-84)107(7)79(118)69(46-109)100-76(115)67(42-57-12-10-34-89-44-57)97-74(113)65(38-52-21-28-60(85)29-22-52)96-73(112)64(92-50(6)110)41-56-20-27-58-13-8-9-14-59(58)37-56/h8-10,12-14,16-34,37,44,47-49,63-71,90,109H,11,15,35-36,38-43,45-46,86H2,1-7H3,(H,91,116)(H,92,110)(H,95,114)(H,96,112)(H,97,113)(H,98,117)(H,99,111)(H,100,115)(H4,87,93,101,103,105)(H4,88,94,102,104,106)/t49-,63+,64-,65-,66-,67-,68+,69+,70+,71+/m1/s1. The molecule has 34 nitrogen and oxygen atoms in total. The van der Waals surface area contributed by atoms with Crippen LogP contribution in [0.5, 0.6) is 0 Å². The van der Waals surface area contributed by atoms with Gasteiger partial charge in [0, 0.05) is 100 Å². The summed E-state index contributed by atoms with van der Waals surface area (Å²) in [7, 11) is 1.27. The van der Waals surface area contributed by atoms with E-state index in [0.29, 0.717) is 69.2 Å². The molecule has 0 aliphatic carbocycles. The molecule has 0 spiro atoms. The first kappa shape index (κ1) is 88.4. The molecule has 1 aliphatic rings. The summed E-state index contributed by atoms with van der Waals surface area (Å²) in [5.41, 5.74) is 22.9. The van der Waals surface area contributed by atoms with Gasteiger partial charge in [0.25, 0.3) is 0 Å². The number of pyridine rings is 1. The molecule has 0 saturated carbocycles. The molecular weight excluding hydrogens is 1540 g/mol. The number of fused-ring (bicyclic) bond motifs is 1. The van der Waals surface area contributed by atoms with E-state index in [9.17, 15) is 19.5 Å². The highest BCUT2D eigenvalue weighted by Crippen LogP contribution is 2.25. The lowest BCUT2D eigenvalue weighted by Crippen LogP contribution is -2.62. The molecule has 10 atom stereocenters. The number of aliphatic hydroxyl groups excluding tert-OH is 1. The van der Waals surface area contributed by atoms with Crippen LogP contribution in [0.15, 0.2) is 164 Å². The second kappa shape index (κ2) is 42.3. The third-order valence-electron chi connectivity index (χ3n) is 19.9. The summed E-state index contributed by atoms with van der Waals surface area (Å²) < 4.78 is 0. The molecule has 3 aromatic heterocycles. The SMILES string of the molecule is CC(=O)N[C@H](Cc1ccc2ccccc2c1)C(=O)N[C@H](Cc1ccc(Cl)cc1)C(=O)N[C@H](Cc1cccnc1)C(=O)N[C@@H](CO)C(=O)N(C)[C@@H](Cc1ccc(Nc2n[nH]c(N)n2)cc1)C(=O)N[C@H](Cc1ccc(Nc2n[nH]c(N)n2)cc1)C(=O)N[C@@H](CC(C)C)C(=O)N[C@@H](Cc1ccc(CNC(C)C)cc1)C(=O)N1CCC[C@H]1C(=O)N[C@H](C)N. The Balaban J connectivity index is 0.951. The Hall–Kier alpha value is -12.9. The van der Waals surface area contributed by atoms with Gasteiger partial charge in [-0.15, -0.1) is 10.2 Å². The van der Waals surface area contributed by atoms with Gasteiger partial charge in [-0.05, 0) is 124 Å². The molecule has 4 heterocycles. The van der Waals surface area contributed by atoms with Gasteiger partial charge in [-0.3, -0.25) is 52.9 Å². The van der Waals surface area contributed by atoms with Crippen LogP contribution in [-0.4, -0.2) is 196 Å². The van der Waals surface area contributed by atoms with Crippen molar-refractivity contribution in [1.29, 1.82) is 0 Å². The third-order valence-corrected chi connectivity index (χ3v) is 20.2. The number of H-pyrrole nitrogens is 2. The fourth-order valence-corrected chi connectivity index (χ4v) is 13.9. The predicted molar refractivity (Wildman–Crippen MR) is 450 cm³/mol. The second-order valence-corrected chi connectivity index (χ2v) is 30.8. The quantitative estimate of drug-likeness (QED) is 0.0243. The first-order valence-electron chi connectivity index (χ1n) is 39.3. The molecule has 1 saturated heterocycles. The minimum Gasteiger partial charge on any atom is -0.394 e. The number of nitrogens with two attached hydrogens (primary N) is 3. The molecule has 0 unspecified atom stereocenters. The monoisotopic (exact) mass is 1650 g/mol. The molecule has 0 radical (unpaired) electrons. The van der Waals surface area contributed by atoms with Crippen LogP contribution >= 0.6 is 11.6 Å². The van der Waals surface area contributed by atoms with Crippen LogP contribution in [0.3, 0.4) is 0 Å². The average molecular weight is 1650 g/mol. The van der Waals surface area contributed by atoms with Crippen molar-refractivity contribution in [3.8, 4) is 0 Å². The van der Waals surface area contributed by atoms with Gasteiger partial charge in [0.1, 0.15) is 54.4 Å². The molecule has 1 fully saturated rings. The Morgan fingerprint density at radius 1 is 0.529 bits per heavy atom. The van der Waals surface area contributed by atoms with E-state index >= 15 is 33.6 Å². The van der Waals surface area contributed by atoms with Gasteiger partial charge in [0.2, 0.25) is 82.9 Å². The third kappa shape index (κ3) is 26.3. The normalized spacial score (nSPS) is 14.9. The number of likely N-dealkylation sites (N-methyl/N-ethyl adjacent to an activating group) is 1. The molecule has 35 heteroatoms. The molecule has 20 N–H and O–H groups in total. The highest BCUT2D eigenvalue weighted by atomic mass is 35.5. The van der Waals surface area contributed by atoms with Crippen LogP contribution in [-0.2, 0) is 93.0 Å². The van der Waals surface area contributed by atoms with E-state index in [-0.39, 0.29) is 87.2 Å². The maximum absolute atomic E-state index is 15.8. The maximum atomic E-state index is 15.8. The Morgan fingerprint density at radius 2 is 0.992 bits per heavy atom. The van der Waals surface area contributed by atoms with Gasteiger partial charge in [-0.25, -0.2) is 10.2 Å². The van der Waals surface area contributed by atoms with Crippen molar-refractivity contribution >= 4 is 117 Å². The van der Waals surface area contributed by atoms with Gasteiger partial charge in [0.05, 0.1) is 12.8 Å². The number of nitrogens with zero attached hydrogens (tertiary/aromatic N) is 7. The molecule has 1 aliphatic heterocycles. The van der Waals surface area contributed by atoms with E-state index in [2.05, 4.69) is 93.8 Å². The topological polar surface area (TPSA) is 504 Å². The maximum Gasteiger partial charge on any atom is 0.248 e. The minimum atomic E-state index is -1.84. The number of carbonyl (C=O) groups excluding carboxylic acids is 10. The fourth-order valence-electron chi connectivity index (χ4n) is 13.8. The number of likely N-dealkylation sites (tertiary alicyclic amines) is 1. The van der Waals surface area contributed by atoms with Crippen LogP contribution in [0.25, 0.3) is 10.8 Å². The van der Waals surface area contributed by atoms with E-state index in [1.165, 1.54) is 31.3 Å². The van der Waals surface area contributed by atoms with Crippen molar-refractivity contribution < 1.29 is 53.1 Å². The summed E-state index contributed by atoms with van der Waals surface area (Å²) in [6, 6.07) is 31.5. The van der Waals surface area contributed by atoms with Crippen molar-refractivity contribution in [3.63, 3.8) is 0 Å². The van der Waals surface area contributed by atoms with Crippen molar-refractivity contribution in [2.45, 2.75) is 172 Å². The van der Waals surface area contributed by atoms with Gasteiger partial charge < -0.3 is 90.6 Å². The summed E-state index contributed by atoms with van der Waals surface area (Å²) in [4.78, 5) is 163. The lowest BCUT2D eigenvalue weighted by Gasteiger charge is -2.33. The summed E-state index contributed by atoms with van der Waals surface area (Å²) in [6.45, 7) is 10.3. The number of benzene rings is 6. The number of anilines is 6. The lowest BCUT2D eigenvalue weighted by atomic mass is 9.98. The van der Waals surface area contributed by atoms with E-state index in [4.69, 9.17) is 28.8 Å². The highest BCUT2D eigenvalue weighted by molar-refractivity contribution is 6.30. The molecular formula is C84H104ClN23O11. The number of carbonyl (C=O) groups is 10. The van der Waals surface area contributed by atoms with Crippen LogP contribution in [0.4, 0.5) is 35.2 Å². The zero-order valence-corrected chi connectivity index (χ0v) is 68.0. The van der Waals surface area contributed by atoms with Gasteiger partial charge in [-0.1, -0.05) is 148 Å². The summed E-state index contributed by atoms with van der Waals surface area (Å²) in [6.07, 6.45) is 2.23. The number of aliphatic hydroxyl groups is 1. The molecule has 10 rings (SSSR count). The van der Waals surface area contributed by atoms with Crippen molar-refractivity contribution in [3.05, 3.63) is 208 Å². The van der Waals surface area contributed by atoms with E-state index in [1.54, 1.807) is 91.9 Å². The zero-order chi connectivity index (χ0) is 85.4. The Labute approximate surface area is 693 Å². The van der Waals surface area contributed by atoms with Crippen LogP contribution in [0, 0.1) is 5.92 Å². The number of amides is 10. The molecule has 6 aromatic carbocycles. The van der Waals surface area contributed by atoms with Crippen molar-refractivity contribution in [2.75, 3.05) is 42.3 Å². The van der Waals surface area contributed by atoms with E-state index < -0.39 is 126 Å². The average Bonchev–Trinajstić information content (AvgIpc) is 1.80. The largest absolute Gasteiger partial charge is 0.394 e. The number of rotatable bonds is 40. The molecule has 628 valence electrons. The number of hydrogen-bond acceptors (Lipinski definition) is 22. The first-order valence-corrected chi connectivity index (χ1v) is 39.7. The second-order valence-electron chi connectivity index (χ2n) is 30.4. The highest BCUT2D eigenvalue weighted by Gasteiger charge is 2.41. The summed E-state index contributed by atoms with van der Waals surface area (Å²) in [5, 5.41) is 58.7. The Bertz CT molecular complexity index is 4960. The van der Waals surface area contributed by atoms with Gasteiger partial charge >= 0.3 is 0 Å². The zero-order valence-electron chi connectivity index (χ0n) is 67.3. The van der Waals surface area contributed by atoms with Gasteiger partial charge in [0.15, 0.2) is 0 Å². The smallest absolute Gasteiger partial charge is 0.248 e. The molecule has 10 amide bonds. The van der Waals surface area contributed by atoms with Crippen LogP contribution in [0.2, 0.25) is 5.02 Å². The predicted octanol–water partition coefficient (Wildman–Crippen LogP) is 3.72. The minimum absolute atomic E-state index is 0.00601. The number of halogens is 1. The first-order chi connectivity index (χ1) is 57.0. The van der Waals surface area contributed by atoms with Crippen LogP contribution < -0.4 is 75.7 Å². The number of nitrogens with one attached hydrogen (secondary N) is 13. The molecule has 9 aromatic rings. The lowest BCUT2D eigenvalue weighted by molar-refractivity contribution is -0.144. The van der Waals surface area contributed by atoms with E-state index in [1.807, 2.05) is 94.4 Å². The number of nitrogen functional groups attached to an aromatic ring is 2. The molecule has 0 bridgehead atoms. The Morgan fingerprint density at radius 3 is 1.50 bits per heavy atom. The van der Waals surface area contributed by atoms with Crippen molar-refractivity contribution in [1.82, 2.24) is 93.0 Å². The summed E-state index contributed by atoms with van der Waals surface area (Å²) >= 11 is 6.30.